The monoisotopic (exact) mass is 410 g/mol. The quantitative estimate of drug-likeness (QED) is 0.669. The van der Waals surface area contributed by atoms with Crippen LogP contribution >= 0.6 is 0 Å². The lowest BCUT2D eigenvalue weighted by Gasteiger charge is -2.32. The lowest BCUT2D eigenvalue weighted by Crippen LogP contribution is -2.34. The number of esters is 2. The molecular formula is C22H34O7. The van der Waals surface area contributed by atoms with Crippen LogP contribution in [0, 0.1) is 17.8 Å². The molecule has 0 unspecified atom stereocenters. The van der Waals surface area contributed by atoms with Crippen molar-refractivity contribution >= 4 is 17.9 Å². The van der Waals surface area contributed by atoms with Crippen LogP contribution in [0.2, 0.25) is 0 Å². The lowest BCUT2D eigenvalue weighted by atomic mass is 9.82. The topological polar surface area (TPSA) is 99.1 Å². The van der Waals surface area contributed by atoms with E-state index in [9.17, 15) is 14.4 Å². The molecule has 0 heterocycles. The van der Waals surface area contributed by atoms with E-state index in [0.29, 0.717) is 51.4 Å². The Labute approximate surface area is 172 Å². The van der Waals surface area contributed by atoms with Gasteiger partial charge < -0.3 is 19.3 Å². The molecule has 0 aromatic heterocycles. The van der Waals surface area contributed by atoms with Gasteiger partial charge in [-0.15, -0.1) is 0 Å². The molecule has 7 heteroatoms. The van der Waals surface area contributed by atoms with Crippen LogP contribution in [0.5, 0.6) is 0 Å². The van der Waals surface area contributed by atoms with Crippen LogP contribution in [-0.2, 0) is 28.6 Å². The summed E-state index contributed by atoms with van der Waals surface area (Å²) in [5.74, 6) is -1.69. The van der Waals surface area contributed by atoms with Crippen LogP contribution in [0.1, 0.15) is 77.0 Å². The number of ether oxygens (including phenoxy) is 3. The maximum atomic E-state index is 12.5. The molecule has 3 fully saturated rings. The molecule has 3 rings (SSSR count). The molecule has 0 aromatic carbocycles. The number of rotatable bonds is 6. The Morgan fingerprint density at radius 2 is 0.931 bits per heavy atom. The second-order valence-electron chi connectivity index (χ2n) is 8.87. The largest absolute Gasteiger partial charge is 0.481 e. The van der Waals surface area contributed by atoms with Gasteiger partial charge in [0.25, 0.3) is 0 Å². The summed E-state index contributed by atoms with van der Waals surface area (Å²) in [5.41, 5.74) is 0. The summed E-state index contributed by atoms with van der Waals surface area (Å²) >= 11 is 0. The molecule has 1 N–H and O–H groups in total. The number of carbonyl (C=O) groups is 3. The summed E-state index contributed by atoms with van der Waals surface area (Å²) in [6, 6.07) is 0. The van der Waals surface area contributed by atoms with E-state index in [1.165, 1.54) is 0 Å². The third-order valence-electron chi connectivity index (χ3n) is 6.94. The van der Waals surface area contributed by atoms with Gasteiger partial charge in [-0.3, -0.25) is 14.4 Å². The highest BCUT2D eigenvalue weighted by Crippen LogP contribution is 2.33. The number of carboxylic acid groups (broad SMARTS) is 1. The first-order valence-corrected chi connectivity index (χ1v) is 11.1. The minimum Gasteiger partial charge on any atom is -0.481 e. The Morgan fingerprint density at radius 1 is 0.586 bits per heavy atom. The third kappa shape index (κ3) is 6.17. The van der Waals surface area contributed by atoms with Crippen LogP contribution in [0.4, 0.5) is 0 Å². The van der Waals surface area contributed by atoms with E-state index in [1.54, 1.807) is 7.11 Å². The molecule has 29 heavy (non-hydrogen) atoms. The van der Waals surface area contributed by atoms with Crippen molar-refractivity contribution in [2.45, 2.75) is 95.4 Å². The number of hydrogen-bond donors (Lipinski definition) is 1. The predicted octanol–water partition coefficient (Wildman–Crippen LogP) is 3.48. The molecule has 3 aliphatic rings. The van der Waals surface area contributed by atoms with Gasteiger partial charge in [0.1, 0.15) is 12.2 Å². The molecule has 0 saturated heterocycles. The maximum absolute atomic E-state index is 12.5. The summed E-state index contributed by atoms with van der Waals surface area (Å²) in [6.45, 7) is 0. The SMILES string of the molecule is COC1CCC(OC(=O)C2CCC(OC(=O)C3CCC(C(=O)O)CC3)CC2)CC1. The van der Waals surface area contributed by atoms with E-state index in [2.05, 4.69) is 0 Å². The third-order valence-corrected chi connectivity index (χ3v) is 6.94. The fourth-order valence-corrected chi connectivity index (χ4v) is 4.90. The molecule has 0 amide bonds. The summed E-state index contributed by atoms with van der Waals surface area (Å²) in [4.78, 5) is 35.9. The van der Waals surface area contributed by atoms with Gasteiger partial charge >= 0.3 is 17.9 Å². The maximum Gasteiger partial charge on any atom is 0.309 e. The number of carbonyl (C=O) groups excluding carboxylic acids is 2. The highest BCUT2D eigenvalue weighted by atomic mass is 16.5. The number of hydrogen-bond acceptors (Lipinski definition) is 6. The fourth-order valence-electron chi connectivity index (χ4n) is 4.90. The van der Waals surface area contributed by atoms with Gasteiger partial charge in [-0.05, 0) is 77.0 Å². The molecule has 3 saturated carbocycles. The van der Waals surface area contributed by atoms with Crippen molar-refractivity contribution in [3.05, 3.63) is 0 Å². The molecule has 3 aliphatic carbocycles. The zero-order valence-electron chi connectivity index (χ0n) is 17.3. The van der Waals surface area contributed by atoms with Gasteiger partial charge in [0, 0.05) is 7.11 Å². The minimum atomic E-state index is -0.770. The minimum absolute atomic E-state index is 0.00498. The first kappa shape index (κ1) is 22.1. The average Bonchev–Trinajstić information content (AvgIpc) is 2.74. The first-order valence-electron chi connectivity index (χ1n) is 11.1. The molecule has 0 atom stereocenters. The standard InChI is InChI=1S/C22H34O7/c1-27-17-10-12-19(13-11-17)29-22(26)16-6-8-18(9-7-16)28-21(25)15-4-2-14(3-5-15)20(23)24/h14-19H,2-13H2,1H3,(H,23,24). The average molecular weight is 411 g/mol. The molecule has 0 aromatic rings. The van der Waals surface area contributed by atoms with Gasteiger partial charge in [0.2, 0.25) is 0 Å². The predicted molar refractivity (Wildman–Crippen MR) is 104 cm³/mol. The Bertz CT molecular complexity index is 566. The van der Waals surface area contributed by atoms with Crippen molar-refractivity contribution in [2.24, 2.45) is 17.8 Å². The molecule has 0 spiro atoms. The van der Waals surface area contributed by atoms with Crippen LogP contribution in [0.3, 0.4) is 0 Å². The molecule has 7 nitrogen and oxygen atoms in total. The Kier molecular flexibility index (Phi) is 7.92. The van der Waals surface area contributed by atoms with E-state index in [1.807, 2.05) is 0 Å². The Hall–Kier alpha value is -1.63. The Balaban J connectivity index is 1.34. The summed E-state index contributed by atoms with van der Waals surface area (Å²) in [7, 11) is 1.73. The molecule has 0 radical (unpaired) electrons. The van der Waals surface area contributed by atoms with E-state index in [4.69, 9.17) is 19.3 Å². The number of methoxy groups -OCH3 is 1. The van der Waals surface area contributed by atoms with Gasteiger partial charge in [0.05, 0.1) is 23.9 Å². The summed E-state index contributed by atoms with van der Waals surface area (Å²) in [6.07, 6.45) is 8.76. The first-order chi connectivity index (χ1) is 14.0. The summed E-state index contributed by atoms with van der Waals surface area (Å²) in [5, 5.41) is 9.06. The van der Waals surface area contributed by atoms with Crippen LogP contribution in [0.25, 0.3) is 0 Å². The number of aliphatic carboxylic acids is 1. The zero-order valence-corrected chi connectivity index (χ0v) is 17.3. The normalized spacial score (nSPS) is 35.5. The van der Waals surface area contributed by atoms with Crippen molar-refractivity contribution in [2.75, 3.05) is 7.11 Å². The van der Waals surface area contributed by atoms with E-state index in [0.717, 1.165) is 25.7 Å². The molecule has 0 aliphatic heterocycles. The van der Waals surface area contributed by atoms with Crippen LogP contribution < -0.4 is 0 Å². The second-order valence-corrected chi connectivity index (χ2v) is 8.87. The lowest BCUT2D eigenvalue weighted by molar-refractivity contribution is -0.163. The second kappa shape index (κ2) is 10.4. The van der Waals surface area contributed by atoms with E-state index in [-0.39, 0.29) is 48.0 Å². The van der Waals surface area contributed by atoms with Crippen molar-refractivity contribution < 1.29 is 33.7 Å². The van der Waals surface area contributed by atoms with Crippen LogP contribution in [-0.4, -0.2) is 48.4 Å². The zero-order chi connectivity index (χ0) is 20.8. The van der Waals surface area contributed by atoms with Gasteiger partial charge in [-0.2, -0.15) is 0 Å². The van der Waals surface area contributed by atoms with E-state index >= 15 is 0 Å². The van der Waals surface area contributed by atoms with Crippen molar-refractivity contribution in [3.63, 3.8) is 0 Å². The van der Waals surface area contributed by atoms with E-state index < -0.39 is 5.97 Å². The fraction of sp³-hybridized carbons (Fsp3) is 0.864. The van der Waals surface area contributed by atoms with Gasteiger partial charge in [0.15, 0.2) is 0 Å². The van der Waals surface area contributed by atoms with Gasteiger partial charge in [-0.25, -0.2) is 0 Å². The highest BCUT2D eigenvalue weighted by Gasteiger charge is 2.35. The molecule has 164 valence electrons. The smallest absolute Gasteiger partial charge is 0.309 e. The molecular weight excluding hydrogens is 376 g/mol. The van der Waals surface area contributed by atoms with Crippen molar-refractivity contribution in [1.29, 1.82) is 0 Å². The molecule has 0 bridgehead atoms. The van der Waals surface area contributed by atoms with Crippen molar-refractivity contribution in [3.8, 4) is 0 Å². The number of carboxylic acids is 1. The highest BCUT2D eigenvalue weighted by molar-refractivity contribution is 5.75. The summed E-state index contributed by atoms with van der Waals surface area (Å²) < 4.78 is 16.7. The van der Waals surface area contributed by atoms with Crippen LogP contribution in [0.15, 0.2) is 0 Å². The Morgan fingerprint density at radius 3 is 1.34 bits per heavy atom. The van der Waals surface area contributed by atoms with Crippen molar-refractivity contribution in [1.82, 2.24) is 0 Å². The van der Waals surface area contributed by atoms with Gasteiger partial charge in [-0.1, -0.05) is 0 Å².